The molecule has 1 aliphatic rings. The molecule has 0 saturated heterocycles. The van der Waals surface area contributed by atoms with Crippen LogP contribution < -0.4 is 40.0 Å². The summed E-state index contributed by atoms with van der Waals surface area (Å²) in [4.78, 5) is 36.8. The number of esters is 1. The molecule has 2 amide bonds. The Morgan fingerprint density at radius 1 is 1.42 bits per heavy atom. The third-order valence-corrected chi connectivity index (χ3v) is 3.71. The van der Waals surface area contributed by atoms with Crippen molar-refractivity contribution in [3.8, 4) is 0 Å². The summed E-state index contributed by atoms with van der Waals surface area (Å²) in [5, 5.41) is 13.1. The third kappa shape index (κ3) is 7.46. The average molecular weight is 388 g/mol. The first-order valence-corrected chi connectivity index (χ1v) is 7.48. The summed E-state index contributed by atoms with van der Waals surface area (Å²) in [5.74, 6) is -2.69. The van der Waals surface area contributed by atoms with Crippen molar-refractivity contribution in [3.63, 3.8) is 0 Å². The molecule has 0 radical (unpaired) electrons. The van der Waals surface area contributed by atoms with Crippen molar-refractivity contribution in [1.29, 1.82) is 0 Å². The van der Waals surface area contributed by atoms with Crippen LogP contribution in [0.15, 0.2) is 17.6 Å². The number of halogens is 3. The van der Waals surface area contributed by atoms with Crippen LogP contribution in [0, 0.1) is 11.3 Å². The summed E-state index contributed by atoms with van der Waals surface area (Å²) in [5.41, 5.74) is -1.15. The van der Waals surface area contributed by atoms with E-state index in [1.807, 2.05) is 13.8 Å². The van der Waals surface area contributed by atoms with Crippen LogP contribution in [0.1, 0.15) is 40.0 Å². The molecular formula is C15H20F3N2NaO5. The number of hydrogen-bond donors (Lipinski definition) is 1. The minimum Gasteiger partial charge on any atom is -0.846 e. The van der Waals surface area contributed by atoms with Crippen molar-refractivity contribution in [1.82, 2.24) is 5.32 Å². The zero-order valence-corrected chi connectivity index (χ0v) is 17.1. The fraction of sp³-hybridized carbons (Fsp3) is 0.600. The maximum Gasteiger partial charge on any atom is 1.00 e. The van der Waals surface area contributed by atoms with Crippen LogP contribution in [0.4, 0.5) is 13.2 Å². The van der Waals surface area contributed by atoms with E-state index >= 15 is 0 Å². The zero-order chi connectivity index (χ0) is 19.8. The van der Waals surface area contributed by atoms with Crippen molar-refractivity contribution in [2.75, 3.05) is 0 Å². The van der Waals surface area contributed by atoms with Crippen LogP contribution in [0.5, 0.6) is 0 Å². The van der Waals surface area contributed by atoms with E-state index in [0.29, 0.717) is 12.5 Å². The number of rotatable bonds is 5. The van der Waals surface area contributed by atoms with Gasteiger partial charge in [-0.1, -0.05) is 33.8 Å². The predicted octanol–water partition coefficient (Wildman–Crippen LogP) is -1.57. The van der Waals surface area contributed by atoms with Crippen LogP contribution in [-0.4, -0.2) is 30.2 Å². The van der Waals surface area contributed by atoms with Crippen molar-refractivity contribution >= 4 is 23.8 Å². The number of ether oxygens (including phenoxy) is 1. The summed E-state index contributed by atoms with van der Waals surface area (Å²) >= 11 is 0. The number of alkyl halides is 3. The number of carbonyl (C=O) groups is 3. The second-order valence-electron chi connectivity index (χ2n) is 5.26. The van der Waals surface area contributed by atoms with Gasteiger partial charge in [-0.05, 0) is 18.8 Å². The van der Waals surface area contributed by atoms with E-state index < -0.39 is 35.6 Å². The van der Waals surface area contributed by atoms with E-state index in [-0.39, 0.29) is 35.5 Å². The van der Waals surface area contributed by atoms with Crippen molar-refractivity contribution in [2.24, 2.45) is 16.3 Å². The second-order valence-corrected chi connectivity index (χ2v) is 5.26. The molecule has 0 aromatic heterocycles. The molecule has 0 aromatic rings. The SMILES string of the molecule is C=CC(=O)OC(F)(F)F.CCCC(C)C1(CC)C(=O)N=C([O-])NC1=O.[Na+]. The maximum atomic E-state index is 11.9. The molecule has 1 heterocycles. The van der Waals surface area contributed by atoms with Crippen LogP contribution in [0.3, 0.4) is 0 Å². The molecule has 1 rings (SSSR count). The van der Waals surface area contributed by atoms with E-state index in [4.69, 9.17) is 0 Å². The minimum absolute atomic E-state index is 0. The minimum atomic E-state index is -4.90. The van der Waals surface area contributed by atoms with Crippen LogP contribution in [-0.2, 0) is 19.1 Å². The van der Waals surface area contributed by atoms with E-state index in [1.165, 1.54) is 0 Å². The smallest absolute Gasteiger partial charge is 0.846 e. The van der Waals surface area contributed by atoms with Gasteiger partial charge in [-0.3, -0.25) is 9.59 Å². The molecule has 1 aliphatic heterocycles. The summed E-state index contributed by atoms with van der Waals surface area (Å²) < 4.78 is 35.8. The molecule has 0 bridgehead atoms. The molecule has 0 aliphatic carbocycles. The van der Waals surface area contributed by atoms with Crippen LogP contribution in [0.25, 0.3) is 0 Å². The molecule has 0 spiro atoms. The van der Waals surface area contributed by atoms with Crippen LogP contribution >= 0.6 is 0 Å². The van der Waals surface area contributed by atoms with Gasteiger partial charge in [0.05, 0.1) is 6.02 Å². The van der Waals surface area contributed by atoms with Gasteiger partial charge in [-0.2, -0.15) is 0 Å². The van der Waals surface area contributed by atoms with Gasteiger partial charge in [0.2, 0.25) is 5.91 Å². The quantitative estimate of drug-likeness (QED) is 0.265. The average Bonchev–Trinajstić information content (AvgIpc) is 2.46. The molecule has 142 valence electrons. The van der Waals surface area contributed by atoms with Crippen molar-refractivity contribution in [2.45, 2.75) is 46.4 Å². The summed E-state index contributed by atoms with van der Waals surface area (Å²) in [6.07, 6.45) is -2.44. The number of nitrogens with zero attached hydrogens (tertiary/aromatic N) is 1. The number of aliphatic imine (C=N–C) groups is 1. The van der Waals surface area contributed by atoms with Gasteiger partial charge in [0, 0.05) is 6.08 Å². The molecule has 7 nitrogen and oxygen atoms in total. The molecule has 2 atom stereocenters. The Labute approximate surface area is 171 Å². The first-order chi connectivity index (χ1) is 11.4. The van der Waals surface area contributed by atoms with Gasteiger partial charge in [0.25, 0.3) is 5.91 Å². The monoisotopic (exact) mass is 388 g/mol. The summed E-state index contributed by atoms with van der Waals surface area (Å²) in [6.45, 7) is 8.39. The van der Waals surface area contributed by atoms with Gasteiger partial charge in [0.1, 0.15) is 5.41 Å². The van der Waals surface area contributed by atoms with Crippen molar-refractivity contribution in [3.05, 3.63) is 12.7 Å². The Morgan fingerprint density at radius 2 is 1.96 bits per heavy atom. The third-order valence-electron chi connectivity index (χ3n) is 3.71. The van der Waals surface area contributed by atoms with Gasteiger partial charge in [-0.25, -0.2) is 9.79 Å². The fourth-order valence-electron chi connectivity index (χ4n) is 2.46. The largest absolute Gasteiger partial charge is 1.00 e. The molecule has 26 heavy (non-hydrogen) atoms. The maximum absolute atomic E-state index is 11.9. The van der Waals surface area contributed by atoms with Crippen molar-refractivity contribution < 1.29 is 67.0 Å². The molecule has 11 heteroatoms. The Balaban J connectivity index is 0. The topological polar surface area (TPSA) is 108 Å². The molecular weight excluding hydrogens is 368 g/mol. The first-order valence-electron chi connectivity index (χ1n) is 7.48. The van der Waals surface area contributed by atoms with E-state index in [0.717, 1.165) is 12.8 Å². The normalized spacial score (nSPS) is 20.5. The van der Waals surface area contributed by atoms with Gasteiger partial charge >= 0.3 is 41.9 Å². The molecule has 1 N–H and O–H groups in total. The number of amidine groups is 1. The predicted molar refractivity (Wildman–Crippen MR) is 79.7 cm³/mol. The van der Waals surface area contributed by atoms with E-state index in [2.05, 4.69) is 21.6 Å². The number of amides is 2. The summed E-state index contributed by atoms with van der Waals surface area (Å²) in [7, 11) is 0. The Hall–Kier alpha value is -1.39. The Kier molecular flexibility index (Phi) is 11.7. The molecule has 0 fully saturated rings. The standard InChI is InChI=1S/C11H18N2O3.C4H3F3O2.Na/c1-4-6-7(3)11(5-2)8(14)12-10(16)13-9(11)15;1-2-3(8)9-4(5,6)7;/h7H,4-6H2,1-3H3,(H2,12,13,14,15,16);2H,1H2;/q;;+1/p-1. The van der Waals surface area contributed by atoms with Crippen LogP contribution in [0.2, 0.25) is 0 Å². The number of nitrogens with one attached hydrogen (secondary N) is 1. The zero-order valence-electron chi connectivity index (χ0n) is 15.1. The van der Waals surface area contributed by atoms with E-state index in [1.54, 1.807) is 6.92 Å². The summed E-state index contributed by atoms with van der Waals surface area (Å²) in [6, 6.07) is -0.845. The number of carbonyl (C=O) groups excluding carboxylic acids is 3. The second kappa shape index (κ2) is 11.3. The van der Waals surface area contributed by atoms with E-state index in [9.17, 15) is 32.7 Å². The Bertz CT molecular complexity index is 566. The molecule has 0 saturated carbocycles. The fourth-order valence-corrected chi connectivity index (χ4v) is 2.46. The first kappa shape index (κ1) is 26.8. The van der Waals surface area contributed by atoms with Gasteiger partial charge in [-0.15, -0.1) is 13.2 Å². The van der Waals surface area contributed by atoms with Gasteiger partial charge in [0.15, 0.2) is 0 Å². The Morgan fingerprint density at radius 3 is 2.27 bits per heavy atom. The number of hydrogen-bond acceptors (Lipinski definition) is 5. The molecule has 2 unspecified atom stereocenters. The van der Waals surface area contributed by atoms with Gasteiger partial charge < -0.3 is 15.2 Å². The molecule has 0 aromatic carbocycles.